The van der Waals surface area contributed by atoms with Crippen LogP contribution < -0.4 is 4.74 Å². The second kappa shape index (κ2) is 8.48. The van der Waals surface area contributed by atoms with Crippen molar-refractivity contribution in [2.24, 2.45) is 0 Å². The third kappa shape index (κ3) is 4.57. The van der Waals surface area contributed by atoms with Crippen molar-refractivity contribution in [3.05, 3.63) is 29.8 Å². The van der Waals surface area contributed by atoms with Crippen LogP contribution in [0.25, 0.3) is 0 Å². The zero-order valence-electron chi connectivity index (χ0n) is 13.2. The van der Waals surface area contributed by atoms with Gasteiger partial charge >= 0.3 is 0 Å². The molecule has 1 aromatic rings. The maximum atomic E-state index is 6.01. The molecule has 22 heavy (non-hydrogen) atoms. The van der Waals surface area contributed by atoms with Gasteiger partial charge in [0.15, 0.2) is 0 Å². The third-order valence-corrected chi connectivity index (χ3v) is 6.76. The molecular weight excluding hydrogens is 314 g/mol. The molecule has 0 aliphatic carbocycles. The van der Waals surface area contributed by atoms with Crippen molar-refractivity contribution in [2.45, 2.75) is 18.6 Å². The zero-order valence-corrected chi connectivity index (χ0v) is 14.8. The minimum Gasteiger partial charge on any atom is -0.497 e. The van der Waals surface area contributed by atoms with Crippen LogP contribution in [0.2, 0.25) is 0 Å². The fourth-order valence-electron chi connectivity index (χ4n) is 3.08. The van der Waals surface area contributed by atoms with Crippen LogP contribution in [0.4, 0.5) is 0 Å². The Morgan fingerprint density at radius 2 is 2.09 bits per heavy atom. The van der Waals surface area contributed by atoms with Crippen LogP contribution in [-0.2, 0) is 11.2 Å². The predicted molar refractivity (Wildman–Crippen MR) is 96.4 cm³/mol. The first kappa shape index (κ1) is 16.5. The molecule has 0 spiro atoms. The van der Waals surface area contributed by atoms with Crippen molar-refractivity contribution >= 4 is 23.5 Å². The molecule has 0 bridgehead atoms. The molecule has 0 unspecified atom stereocenters. The smallest absolute Gasteiger partial charge is 0.119 e. The van der Waals surface area contributed by atoms with E-state index in [0.29, 0.717) is 12.1 Å². The van der Waals surface area contributed by atoms with Crippen molar-refractivity contribution in [3.8, 4) is 5.75 Å². The third-order valence-electron chi connectivity index (χ3n) is 4.28. The van der Waals surface area contributed by atoms with Crippen molar-refractivity contribution in [3.63, 3.8) is 0 Å². The van der Waals surface area contributed by atoms with Crippen LogP contribution in [-0.4, -0.2) is 66.9 Å². The molecule has 1 aromatic carbocycles. The molecule has 1 atom stereocenters. The second-order valence-corrected chi connectivity index (χ2v) is 8.15. The number of thioether (sulfide) groups is 2. The first-order valence-electron chi connectivity index (χ1n) is 7.99. The summed E-state index contributed by atoms with van der Waals surface area (Å²) in [5.41, 5.74) is 1.30. The number of rotatable bonds is 4. The molecular formula is C17H25NO2S2. The van der Waals surface area contributed by atoms with Crippen LogP contribution in [0.5, 0.6) is 5.75 Å². The molecule has 0 N–H and O–H groups in total. The molecule has 2 fully saturated rings. The molecule has 3 nitrogen and oxygen atoms in total. The van der Waals surface area contributed by atoms with E-state index >= 15 is 0 Å². The number of morpholine rings is 1. The van der Waals surface area contributed by atoms with Gasteiger partial charge in [-0.15, -0.1) is 0 Å². The number of ether oxygens (including phenoxy) is 2. The molecule has 5 heteroatoms. The van der Waals surface area contributed by atoms with E-state index in [2.05, 4.69) is 46.6 Å². The van der Waals surface area contributed by atoms with E-state index in [4.69, 9.17) is 9.47 Å². The lowest BCUT2D eigenvalue weighted by Crippen LogP contribution is -2.50. The lowest BCUT2D eigenvalue weighted by Gasteiger charge is -2.37. The highest BCUT2D eigenvalue weighted by Crippen LogP contribution is 2.23. The zero-order chi connectivity index (χ0) is 15.2. The first-order valence-corrected chi connectivity index (χ1v) is 10.3. The summed E-state index contributed by atoms with van der Waals surface area (Å²) < 4.78 is 11.3. The Balaban J connectivity index is 1.57. The average Bonchev–Trinajstić information content (AvgIpc) is 2.84. The van der Waals surface area contributed by atoms with E-state index in [1.165, 1.54) is 28.6 Å². The molecule has 0 saturated carbocycles. The summed E-state index contributed by atoms with van der Waals surface area (Å²) >= 11 is 4.22. The topological polar surface area (TPSA) is 21.7 Å². The SMILES string of the molecule is COc1cccc(C[C@H]2CN(C3CSCCSC3)CCO2)c1. The highest BCUT2D eigenvalue weighted by molar-refractivity contribution is 8.03. The average molecular weight is 340 g/mol. The minimum absolute atomic E-state index is 0.305. The molecule has 2 saturated heterocycles. The van der Waals surface area contributed by atoms with Gasteiger partial charge in [0.2, 0.25) is 0 Å². The van der Waals surface area contributed by atoms with Gasteiger partial charge < -0.3 is 9.47 Å². The normalized spacial score (nSPS) is 24.9. The molecule has 122 valence electrons. The van der Waals surface area contributed by atoms with E-state index in [1.54, 1.807) is 7.11 Å². The lowest BCUT2D eigenvalue weighted by molar-refractivity contribution is -0.0365. The Morgan fingerprint density at radius 1 is 1.27 bits per heavy atom. The second-order valence-electron chi connectivity index (χ2n) is 5.85. The summed E-state index contributed by atoms with van der Waals surface area (Å²) in [4.78, 5) is 2.65. The van der Waals surface area contributed by atoms with Gasteiger partial charge in [-0.05, 0) is 17.7 Å². The van der Waals surface area contributed by atoms with Gasteiger partial charge in [-0.2, -0.15) is 23.5 Å². The number of hydrogen-bond donors (Lipinski definition) is 0. The molecule has 0 aromatic heterocycles. The van der Waals surface area contributed by atoms with E-state index in [0.717, 1.165) is 31.9 Å². The molecule has 2 aliphatic heterocycles. The summed E-state index contributed by atoms with van der Waals surface area (Å²) in [6, 6.07) is 9.07. The molecule has 2 heterocycles. The Kier molecular flexibility index (Phi) is 6.36. The van der Waals surface area contributed by atoms with Crippen LogP contribution in [0.1, 0.15) is 5.56 Å². The van der Waals surface area contributed by atoms with Crippen LogP contribution in [0.3, 0.4) is 0 Å². The highest BCUT2D eigenvalue weighted by atomic mass is 32.2. The summed E-state index contributed by atoms with van der Waals surface area (Å²) in [5.74, 6) is 6.09. The maximum absolute atomic E-state index is 6.01. The van der Waals surface area contributed by atoms with Gasteiger partial charge in [-0.1, -0.05) is 12.1 Å². The summed E-state index contributed by atoms with van der Waals surface area (Å²) in [6.45, 7) is 3.00. The van der Waals surface area contributed by atoms with Gasteiger partial charge in [-0.3, -0.25) is 4.90 Å². The van der Waals surface area contributed by atoms with Crippen molar-refractivity contribution < 1.29 is 9.47 Å². The van der Waals surface area contributed by atoms with E-state index in [9.17, 15) is 0 Å². The fourth-order valence-corrected chi connectivity index (χ4v) is 5.70. The van der Waals surface area contributed by atoms with E-state index in [-0.39, 0.29) is 0 Å². The molecule has 3 rings (SSSR count). The maximum Gasteiger partial charge on any atom is 0.119 e. The number of nitrogens with zero attached hydrogens (tertiary/aromatic N) is 1. The van der Waals surface area contributed by atoms with Gasteiger partial charge in [0.1, 0.15) is 5.75 Å². The highest BCUT2D eigenvalue weighted by Gasteiger charge is 2.27. The number of benzene rings is 1. The van der Waals surface area contributed by atoms with Crippen LogP contribution in [0, 0.1) is 0 Å². The Labute approximate surface area is 142 Å². The van der Waals surface area contributed by atoms with Crippen LogP contribution in [0.15, 0.2) is 24.3 Å². The number of methoxy groups -OCH3 is 1. The quantitative estimate of drug-likeness (QED) is 0.839. The van der Waals surface area contributed by atoms with Gasteiger partial charge in [0.25, 0.3) is 0 Å². The Morgan fingerprint density at radius 3 is 2.86 bits per heavy atom. The minimum atomic E-state index is 0.305. The van der Waals surface area contributed by atoms with E-state index in [1.807, 2.05) is 6.07 Å². The largest absolute Gasteiger partial charge is 0.497 e. The fraction of sp³-hybridized carbons (Fsp3) is 0.647. The Hall–Kier alpha value is -0.360. The first-order chi connectivity index (χ1) is 10.8. The summed E-state index contributed by atoms with van der Waals surface area (Å²) in [7, 11) is 1.72. The summed E-state index contributed by atoms with van der Waals surface area (Å²) in [6.07, 6.45) is 1.28. The van der Waals surface area contributed by atoms with Gasteiger partial charge in [0.05, 0.1) is 19.8 Å². The van der Waals surface area contributed by atoms with Crippen molar-refractivity contribution in [1.82, 2.24) is 4.90 Å². The predicted octanol–water partition coefficient (Wildman–Crippen LogP) is 2.79. The van der Waals surface area contributed by atoms with Gasteiger partial charge in [0, 0.05) is 48.6 Å². The monoisotopic (exact) mass is 339 g/mol. The van der Waals surface area contributed by atoms with E-state index < -0.39 is 0 Å². The number of hydrogen-bond acceptors (Lipinski definition) is 5. The summed E-state index contributed by atoms with van der Waals surface area (Å²) in [5, 5.41) is 0. The molecule has 0 radical (unpaired) electrons. The molecule has 0 amide bonds. The Bertz CT molecular complexity index is 464. The molecule has 2 aliphatic rings. The van der Waals surface area contributed by atoms with Crippen molar-refractivity contribution in [2.75, 3.05) is 49.8 Å². The standard InChI is InChI=1S/C17H25NO2S2/c1-19-16-4-2-3-14(9-16)10-17-11-18(5-6-20-17)15-12-21-7-8-22-13-15/h2-4,9,15,17H,5-8,10-13H2,1H3/t17-/m0/s1. The van der Waals surface area contributed by atoms with Crippen LogP contribution >= 0.6 is 23.5 Å². The van der Waals surface area contributed by atoms with Crippen molar-refractivity contribution in [1.29, 1.82) is 0 Å². The van der Waals surface area contributed by atoms with Gasteiger partial charge in [-0.25, -0.2) is 0 Å². The lowest BCUT2D eigenvalue weighted by atomic mass is 10.1.